The van der Waals surface area contributed by atoms with Crippen LogP contribution in [-0.2, 0) is 0 Å². The van der Waals surface area contributed by atoms with E-state index in [0.717, 1.165) is 17.1 Å². The Kier molecular flexibility index (Phi) is 2.68. The summed E-state index contributed by atoms with van der Waals surface area (Å²) in [5, 5.41) is 9.28. The summed E-state index contributed by atoms with van der Waals surface area (Å²) >= 11 is 0. The molecule has 1 aromatic carbocycles. The number of para-hydroxylation sites is 1. The van der Waals surface area contributed by atoms with E-state index in [-0.39, 0.29) is 5.69 Å². The van der Waals surface area contributed by atoms with Crippen molar-refractivity contribution < 1.29 is 9.18 Å². The van der Waals surface area contributed by atoms with Gasteiger partial charge in [-0.15, -0.1) is 0 Å². The van der Waals surface area contributed by atoms with Crippen LogP contribution in [0.3, 0.4) is 0 Å². The van der Waals surface area contributed by atoms with E-state index in [4.69, 9.17) is 0 Å². The second kappa shape index (κ2) is 4.49. The van der Waals surface area contributed by atoms with Gasteiger partial charge in [-0.1, -0.05) is 18.2 Å². The molecule has 2 aromatic heterocycles. The number of hydrogen-bond acceptors (Lipinski definition) is 3. The first-order chi connectivity index (χ1) is 9.24. The fraction of sp³-hybridized carbons (Fsp3) is 0. The molecule has 0 bridgehead atoms. The lowest BCUT2D eigenvalue weighted by Gasteiger charge is -2.04. The van der Waals surface area contributed by atoms with Crippen LogP contribution >= 0.6 is 0 Å². The summed E-state index contributed by atoms with van der Waals surface area (Å²) in [7, 11) is 0. The number of amides is 1. The van der Waals surface area contributed by atoms with Gasteiger partial charge in [-0.05, 0) is 12.1 Å². The number of nitrogens with zero attached hydrogens (tertiary/aromatic N) is 2. The van der Waals surface area contributed by atoms with E-state index < -0.39 is 11.7 Å². The van der Waals surface area contributed by atoms with Crippen LogP contribution in [0, 0.1) is 5.82 Å². The molecule has 1 amide bonds. The average Bonchev–Trinajstić information content (AvgIpc) is 2.85. The molecule has 0 saturated heterocycles. The molecule has 0 radical (unpaired) electrons. The molecule has 0 aliphatic heterocycles. The number of aromatic nitrogens is 3. The van der Waals surface area contributed by atoms with Gasteiger partial charge in [0.2, 0.25) is 0 Å². The van der Waals surface area contributed by atoms with E-state index in [1.807, 2.05) is 24.3 Å². The zero-order chi connectivity index (χ0) is 13.2. The van der Waals surface area contributed by atoms with Crippen molar-refractivity contribution in [1.29, 1.82) is 0 Å². The normalized spacial score (nSPS) is 10.6. The highest BCUT2D eigenvalue weighted by Crippen LogP contribution is 2.16. The minimum Gasteiger partial charge on any atom is -0.319 e. The summed E-state index contributed by atoms with van der Waals surface area (Å²) in [6, 6.07) is 9.28. The van der Waals surface area contributed by atoms with Crippen LogP contribution in [0.2, 0.25) is 0 Å². The van der Waals surface area contributed by atoms with E-state index in [9.17, 15) is 9.18 Å². The standard InChI is InChI=1S/C13H9FN4O/c14-10-7-16-18-12(10)13(19)17-9-5-8-3-1-2-4-11(8)15-6-9/h1-7H,(H,16,18)(H,17,19). The lowest BCUT2D eigenvalue weighted by Crippen LogP contribution is -2.14. The SMILES string of the molecule is O=C(Nc1cnc2ccccc2c1)c1n[nH]cc1F. The van der Waals surface area contributed by atoms with Gasteiger partial charge in [0.1, 0.15) is 0 Å². The van der Waals surface area contributed by atoms with Gasteiger partial charge in [-0.25, -0.2) is 4.39 Å². The van der Waals surface area contributed by atoms with E-state index in [2.05, 4.69) is 20.5 Å². The molecule has 5 nitrogen and oxygen atoms in total. The molecule has 0 fully saturated rings. The van der Waals surface area contributed by atoms with Crippen molar-refractivity contribution in [3.05, 3.63) is 54.2 Å². The molecule has 3 aromatic rings. The van der Waals surface area contributed by atoms with E-state index >= 15 is 0 Å². The monoisotopic (exact) mass is 256 g/mol. The number of rotatable bonds is 2. The quantitative estimate of drug-likeness (QED) is 0.739. The summed E-state index contributed by atoms with van der Waals surface area (Å²) in [6.07, 6.45) is 2.54. The maximum absolute atomic E-state index is 13.2. The van der Waals surface area contributed by atoms with Crippen LogP contribution in [0.25, 0.3) is 10.9 Å². The predicted octanol–water partition coefficient (Wildman–Crippen LogP) is 2.35. The number of nitrogens with one attached hydrogen (secondary N) is 2. The number of H-pyrrole nitrogens is 1. The molecule has 2 N–H and O–H groups in total. The number of carbonyl (C=O) groups excluding carboxylic acids is 1. The number of pyridine rings is 1. The molecule has 0 aliphatic carbocycles. The Labute approximate surface area is 107 Å². The second-order valence-electron chi connectivity index (χ2n) is 3.95. The molecule has 0 atom stereocenters. The Balaban J connectivity index is 1.89. The molecular weight excluding hydrogens is 247 g/mol. The van der Waals surface area contributed by atoms with Gasteiger partial charge in [-0.3, -0.25) is 14.9 Å². The lowest BCUT2D eigenvalue weighted by atomic mass is 10.2. The molecule has 0 unspecified atom stereocenters. The third kappa shape index (κ3) is 2.15. The van der Waals surface area contributed by atoms with Crippen molar-refractivity contribution in [3.63, 3.8) is 0 Å². The molecule has 19 heavy (non-hydrogen) atoms. The zero-order valence-corrected chi connectivity index (χ0v) is 9.72. The van der Waals surface area contributed by atoms with Crippen molar-refractivity contribution in [2.75, 3.05) is 5.32 Å². The highest BCUT2D eigenvalue weighted by molar-refractivity contribution is 6.03. The largest absolute Gasteiger partial charge is 0.319 e. The van der Waals surface area contributed by atoms with Gasteiger partial charge in [0, 0.05) is 5.39 Å². The number of carbonyl (C=O) groups is 1. The molecular formula is C13H9FN4O. The highest BCUT2D eigenvalue weighted by Gasteiger charge is 2.14. The van der Waals surface area contributed by atoms with Crippen LogP contribution in [-0.4, -0.2) is 21.1 Å². The maximum atomic E-state index is 13.2. The van der Waals surface area contributed by atoms with Gasteiger partial charge < -0.3 is 5.32 Å². The highest BCUT2D eigenvalue weighted by atomic mass is 19.1. The Morgan fingerprint density at radius 2 is 2.16 bits per heavy atom. The number of aromatic amines is 1. The number of halogens is 1. The van der Waals surface area contributed by atoms with Gasteiger partial charge in [0.25, 0.3) is 5.91 Å². The molecule has 0 saturated carbocycles. The summed E-state index contributed by atoms with van der Waals surface area (Å²) in [4.78, 5) is 16.0. The maximum Gasteiger partial charge on any atom is 0.279 e. The number of benzene rings is 1. The summed E-state index contributed by atoms with van der Waals surface area (Å²) in [6.45, 7) is 0. The number of hydrogen-bond donors (Lipinski definition) is 2. The van der Waals surface area contributed by atoms with Gasteiger partial charge in [-0.2, -0.15) is 5.10 Å². The molecule has 2 heterocycles. The Morgan fingerprint density at radius 3 is 2.95 bits per heavy atom. The lowest BCUT2D eigenvalue weighted by molar-refractivity contribution is 0.101. The van der Waals surface area contributed by atoms with Crippen LogP contribution in [0.5, 0.6) is 0 Å². The molecule has 6 heteroatoms. The Hall–Kier alpha value is -2.76. The van der Waals surface area contributed by atoms with Crippen molar-refractivity contribution in [2.45, 2.75) is 0 Å². The summed E-state index contributed by atoms with van der Waals surface area (Å²) in [5.41, 5.74) is 1.05. The van der Waals surface area contributed by atoms with Crippen molar-refractivity contribution in [2.24, 2.45) is 0 Å². The molecule has 0 aliphatic rings. The molecule has 0 spiro atoms. The predicted molar refractivity (Wildman–Crippen MR) is 68.2 cm³/mol. The van der Waals surface area contributed by atoms with Crippen LogP contribution in [0.1, 0.15) is 10.5 Å². The minimum atomic E-state index is -0.689. The summed E-state index contributed by atoms with van der Waals surface area (Å²) < 4.78 is 13.2. The minimum absolute atomic E-state index is 0.270. The number of fused-ring (bicyclic) bond motifs is 1. The Morgan fingerprint density at radius 1 is 1.32 bits per heavy atom. The van der Waals surface area contributed by atoms with Crippen LogP contribution in [0.15, 0.2) is 42.7 Å². The topological polar surface area (TPSA) is 70.7 Å². The fourth-order valence-corrected chi connectivity index (χ4v) is 1.76. The number of anilines is 1. The van der Waals surface area contributed by atoms with Gasteiger partial charge in [0.05, 0.1) is 23.6 Å². The first kappa shape index (κ1) is 11.3. The Bertz CT molecular complexity index is 753. The smallest absolute Gasteiger partial charge is 0.279 e. The van der Waals surface area contributed by atoms with Crippen molar-refractivity contribution >= 4 is 22.5 Å². The van der Waals surface area contributed by atoms with Gasteiger partial charge >= 0.3 is 0 Å². The van der Waals surface area contributed by atoms with E-state index in [1.54, 1.807) is 6.07 Å². The fourth-order valence-electron chi connectivity index (χ4n) is 1.76. The van der Waals surface area contributed by atoms with Gasteiger partial charge in [0.15, 0.2) is 11.5 Å². The zero-order valence-electron chi connectivity index (χ0n) is 9.72. The van der Waals surface area contributed by atoms with Crippen LogP contribution < -0.4 is 5.32 Å². The third-order valence-corrected chi connectivity index (χ3v) is 2.66. The average molecular weight is 256 g/mol. The second-order valence-corrected chi connectivity index (χ2v) is 3.95. The first-order valence-corrected chi connectivity index (χ1v) is 5.59. The van der Waals surface area contributed by atoms with E-state index in [0.29, 0.717) is 5.69 Å². The molecule has 3 rings (SSSR count). The summed E-state index contributed by atoms with van der Waals surface area (Å²) in [5.74, 6) is -1.30. The van der Waals surface area contributed by atoms with Crippen molar-refractivity contribution in [1.82, 2.24) is 15.2 Å². The van der Waals surface area contributed by atoms with Crippen LogP contribution in [0.4, 0.5) is 10.1 Å². The molecule has 94 valence electrons. The first-order valence-electron chi connectivity index (χ1n) is 5.59. The third-order valence-electron chi connectivity index (χ3n) is 2.66. The van der Waals surface area contributed by atoms with E-state index in [1.165, 1.54) is 6.20 Å². The van der Waals surface area contributed by atoms with Crippen molar-refractivity contribution in [3.8, 4) is 0 Å².